The molecule has 256 valence electrons. The number of nitrogens with one attached hydrogen (secondary N) is 3. The molecule has 0 bridgehead atoms. The first-order valence-electron chi connectivity index (χ1n) is 18.0. The van der Waals surface area contributed by atoms with Crippen molar-refractivity contribution >= 4 is 28.6 Å². The first-order valence-corrected chi connectivity index (χ1v) is 18.0. The molecule has 3 aliphatic heterocycles. The predicted octanol–water partition coefficient (Wildman–Crippen LogP) is 4.45. The van der Waals surface area contributed by atoms with Crippen LogP contribution >= 0.6 is 0 Å². The molecule has 1 aliphatic carbocycles. The van der Waals surface area contributed by atoms with Crippen molar-refractivity contribution in [3.8, 4) is 0 Å². The van der Waals surface area contributed by atoms with Crippen molar-refractivity contribution in [2.24, 2.45) is 0 Å². The molecule has 3 saturated heterocycles. The number of benzene rings is 1. The third kappa shape index (κ3) is 6.53. The van der Waals surface area contributed by atoms with Gasteiger partial charge in [0.05, 0.1) is 17.4 Å². The number of piperidine rings is 3. The summed E-state index contributed by atoms with van der Waals surface area (Å²) < 4.78 is 0. The van der Waals surface area contributed by atoms with E-state index >= 15 is 0 Å². The molecule has 3 N–H and O–H groups in total. The van der Waals surface area contributed by atoms with Crippen molar-refractivity contribution in [3.63, 3.8) is 0 Å². The number of pyridine rings is 1. The average Bonchev–Trinajstić information content (AvgIpc) is 3.58. The molecular formula is C37H49N7O4. The summed E-state index contributed by atoms with van der Waals surface area (Å²) in [7, 11) is 0. The van der Waals surface area contributed by atoms with Gasteiger partial charge in [0.25, 0.3) is 5.56 Å². The smallest absolute Gasteiger partial charge is 0.318 e. The first-order chi connectivity index (χ1) is 23.2. The highest BCUT2D eigenvalue weighted by Crippen LogP contribution is 2.32. The van der Waals surface area contributed by atoms with Crippen LogP contribution in [0.3, 0.4) is 0 Å². The summed E-state index contributed by atoms with van der Waals surface area (Å²) in [6, 6.07) is 5.11. The summed E-state index contributed by atoms with van der Waals surface area (Å²) in [5.41, 5.74) is 5.04. The van der Waals surface area contributed by atoms with Gasteiger partial charge in [0.2, 0.25) is 5.91 Å². The third-order valence-electron chi connectivity index (χ3n) is 11.6. The molecule has 2 aromatic heterocycles. The van der Waals surface area contributed by atoms with Crippen molar-refractivity contribution in [1.82, 2.24) is 35.2 Å². The quantitative estimate of drug-likeness (QED) is 0.360. The maximum absolute atomic E-state index is 14.2. The fraction of sp³-hybridized carbons (Fsp3) is 0.595. The zero-order chi connectivity index (χ0) is 33.4. The number of rotatable bonds is 6. The van der Waals surface area contributed by atoms with Crippen LogP contribution in [0.25, 0.3) is 10.9 Å². The van der Waals surface area contributed by atoms with Gasteiger partial charge in [-0.25, -0.2) is 4.79 Å². The second-order valence-electron chi connectivity index (χ2n) is 14.8. The van der Waals surface area contributed by atoms with Gasteiger partial charge >= 0.3 is 6.03 Å². The number of urea groups is 1. The van der Waals surface area contributed by atoms with Crippen molar-refractivity contribution in [3.05, 3.63) is 62.7 Å². The van der Waals surface area contributed by atoms with E-state index in [-0.39, 0.29) is 34.7 Å². The fourth-order valence-corrected chi connectivity index (χ4v) is 8.58. The highest BCUT2D eigenvalue weighted by molar-refractivity contribution is 5.96. The van der Waals surface area contributed by atoms with Gasteiger partial charge in [0, 0.05) is 55.5 Å². The van der Waals surface area contributed by atoms with E-state index in [0.29, 0.717) is 63.1 Å². The number of Topliss-reactive ketones (excluding diaryl/α,β-unsaturated/α-hetero) is 1. The Labute approximate surface area is 281 Å². The number of amides is 3. The minimum absolute atomic E-state index is 0.0101. The Balaban J connectivity index is 1.04. The van der Waals surface area contributed by atoms with Crippen LogP contribution < -0.4 is 10.9 Å². The van der Waals surface area contributed by atoms with Crippen LogP contribution in [-0.2, 0) is 17.6 Å². The molecule has 11 nitrogen and oxygen atoms in total. The van der Waals surface area contributed by atoms with Crippen LogP contribution in [0.5, 0.6) is 0 Å². The highest BCUT2D eigenvalue weighted by atomic mass is 16.2. The molecule has 0 radical (unpaired) electrons. The predicted molar refractivity (Wildman–Crippen MR) is 184 cm³/mol. The van der Waals surface area contributed by atoms with E-state index in [4.69, 9.17) is 0 Å². The Morgan fingerprint density at radius 2 is 1.71 bits per heavy atom. The molecule has 0 spiro atoms. The Kier molecular flexibility index (Phi) is 9.15. The van der Waals surface area contributed by atoms with Crippen LogP contribution in [0, 0.1) is 6.92 Å². The number of hydrogen-bond donors (Lipinski definition) is 3. The minimum atomic E-state index is -0.695. The summed E-state index contributed by atoms with van der Waals surface area (Å²) in [6.07, 6.45) is 11.2. The Morgan fingerprint density at radius 1 is 0.958 bits per heavy atom. The normalized spacial score (nSPS) is 21.2. The van der Waals surface area contributed by atoms with Gasteiger partial charge in [-0.1, -0.05) is 12.5 Å². The SMILES string of the molecule is Cc1cc(C[C@@H](NC(=O)N2CCC(c3cc4c([nH]c3=O)C(=O)CCC4)CC2)C(=O)N2CCC(C)(N3CCCCC3)CC2)cc2cn[nH]c12. The number of likely N-dealkylation sites (tertiary alicyclic amines) is 3. The van der Waals surface area contributed by atoms with Crippen LogP contribution in [0.15, 0.2) is 29.2 Å². The van der Waals surface area contributed by atoms with Gasteiger partial charge in [0.1, 0.15) is 6.04 Å². The summed E-state index contributed by atoms with van der Waals surface area (Å²) in [4.78, 5) is 62.5. The lowest BCUT2D eigenvalue weighted by molar-refractivity contribution is -0.136. The number of fused-ring (bicyclic) bond motifs is 2. The molecule has 0 unspecified atom stereocenters. The number of carbonyl (C=O) groups is 3. The van der Waals surface area contributed by atoms with Crippen molar-refractivity contribution in [1.29, 1.82) is 0 Å². The Bertz CT molecular complexity index is 1740. The molecule has 11 heteroatoms. The highest BCUT2D eigenvalue weighted by Gasteiger charge is 2.39. The van der Waals surface area contributed by atoms with E-state index in [0.717, 1.165) is 66.4 Å². The van der Waals surface area contributed by atoms with E-state index in [9.17, 15) is 19.2 Å². The molecule has 3 fully saturated rings. The van der Waals surface area contributed by atoms with E-state index in [2.05, 4.69) is 44.5 Å². The molecule has 3 amide bonds. The van der Waals surface area contributed by atoms with Gasteiger partial charge in [-0.05, 0) is 113 Å². The summed E-state index contributed by atoms with van der Waals surface area (Å²) in [6.45, 7) is 9.00. The summed E-state index contributed by atoms with van der Waals surface area (Å²) in [5.74, 6) is -0.000270. The van der Waals surface area contributed by atoms with Crippen LogP contribution in [0.2, 0.25) is 0 Å². The molecule has 4 aliphatic rings. The molecule has 5 heterocycles. The van der Waals surface area contributed by atoms with Crippen LogP contribution in [-0.4, -0.2) is 98.5 Å². The lowest BCUT2D eigenvalue weighted by Crippen LogP contribution is -2.59. The number of aromatic amines is 2. The van der Waals surface area contributed by atoms with Gasteiger partial charge in [-0.15, -0.1) is 0 Å². The van der Waals surface area contributed by atoms with E-state index < -0.39 is 6.04 Å². The minimum Gasteiger partial charge on any atom is -0.341 e. The Hall–Kier alpha value is -3.99. The molecule has 7 rings (SSSR count). The van der Waals surface area contributed by atoms with Gasteiger partial charge in [-0.2, -0.15) is 5.10 Å². The van der Waals surface area contributed by atoms with Gasteiger partial charge in [0.15, 0.2) is 5.78 Å². The number of H-pyrrole nitrogens is 2. The number of aromatic nitrogens is 3. The standard InChI is InChI=1S/C37H49N7O4/c1-24-19-25(20-28-23-38-41-32(24)28)21-30(35(47)42-17-11-37(2,12-18-42)44-13-4-3-5-14-44)39-36(48)43-15-9-26(10-16-43)29-22-27-7-6-8-31(45)33(27)40-34(29)46/h19-20,22-23,26,30H,3-18,21H2,1-2H3,(H,38,41)(H,39,48)(H,40,46)/t30-/m1/s1. The number of carbonyl (C=O) groups excluding carboxylic acids is 3. The molecule has 1 aromatic carbocycles. The lowest BCUT2D eigenvalue weighted by Gasteiger charge is -2.48. The lowest BCUT2D eigenvalue weighted by atomic mass is 9.85. The zero-order valence-corrected chi connectivity index (χ0v) is 28.4. The number of aryl methyl sites for hydroxylation is 2. The van der Waals surface area contributed by atoms with E-state index in [1.807, 2.05) is 17.9 Å². The molecule has 1 atom stereocenters. The third-order valence-corrected chi connectivity index (χ3v) is 11.6. The maximum atomic E-state index is 14.2. The fourth-order valence-electron chi connectivity index (χ4n) is 8.58. The van der Waals surface area contributed by atoms with Crippen LogP contribution in [0.1, 0.15) is 103 Å². The van der Waals surface area contributed by atoms with E-state index in [1.54, 1.807) is 11.1 Å². The second kappa shape index (κ2) is 13.5. The van der Waals surface area contributed by atoms with Crippen molar-refractivity contribution < 1.29 is 14.4 Å². The maximum Gasteiger partial charge on any atom is 0.318 e. The zero-order valence-electron chi connectivity index (χ0n) is 28.4. The van der Waals surface area contributed by atoms with Gasteiger partial charge < -0.3 is 20.1 Å². The largest absolute Gasteiger partial charge is 0.341 e. The monoisotopic (exact) mass is 655 g/mol. The average molecular weight is 656 g/mol. The molecular weight excluding hydrogens is 606 g/mol. The summed E-state index contributed by atoms with van der Waals surface area (Å²) >= 11 is 0. The Morgan fingerprint density at radius 3 is 2.46 bits per heavy atom. The molecule has 0 saturated carbocycles. The summed E-state index contributed by atoms with van der Waals surface area (Å²) in [5, 5.41) is 11.4. The first kappa shape index (κ1) is 32.6. The molecule has 48 heavy (non-hydrogen) atoms. The number of ketones is 1. The second-order valence-corrected chi connectivity index (χ2v) is 14.8. The van der Waals surface area contributed by atoms with E-state index in [1.165, 1.54) is 19.3 Å². The van der Waals surface area contributed by atoms with Gasteiger partial charge in [-0.3, -0.25) is 24.4 Å². The van der Waals surface area contributed by atoms with Crippen molar-refractivity contribution in [2.45, 2.75) is 102 Å². The van der Waals surface area contributed by atoms with Crippen LogP contribution in [0.4, 0.5) is 4.79 Å². The topological polar surface area (TPSA) is 134 Å². The number of hydrogen-bond acceptors (Lipinski definition) is 6. The number of nitrogens with zero attached hydrogens (tertiary/aromatic N) is 4. The molecule has 3 aromatic rings. The van der Waals surface area contributed by atoms with Crippen molar-refractivity contribution in [2.75, 3.05) is 39.3 Å².